The molecule has 9 nitrogen and oxygen atoms in total. The van der Waals surface area contributed by atoms with E-state index in [4.69, 9.17) is 4.74 Å². The summed E-state index contributed by atoms with van der Waals surface area (Å²) in [5.41, 5.74) is 3.35. The highest BCUT2D eigenvalue weighted by Crippen LogP contribution is 2.31. The van der Waals surface area contributed by atoms with Crippen LogP contribution in [0.25, 0.3) is 34.2 Å². The molecule has 4 aromatic rings. The topological polar surface area (TPSA) is 131 Å². The number of anilines is 1. The first-order valence-corrected chi connectivity index (χ1v) is 12.3. The van der Waals surface area contributed by atoms with Crippen molar-refractivity contribution in [3.8, 4) is 39.9 Å². The van der Waals surface area contributed by atoms with E-state index in [9.17, 15) is 18.3 Å². The number of rotatable bonds is 6. The predicted octanol–water partition coefficient (Wildman–Crippen LogP) is 4.04. The van der Waals surface area contributed by atoms with Crippen molar-refractivity contribution < 1.29 is 23.1 Å². The van der Waals surface area contributed by atoms with E-state index in [1.54, 1.807) is 60.7 Å². The van der Waals surface area contributed by atoms with E-state index in [1.165, 1.54) is 7.11 Å². The van der Waals surface area contributed by atoms with E-state index >= 15 is 0 Å². The van der Waals surface area contributed by atoms with Crippen molar-refractivity contribution in [1.82, 2.24) is 15.0 Å². The average molecular weight is 491 g/mol. The van der Waals surface area contributed by atoms with Gasteiger partial charge in [0.1, 0.15) is 5.75 Å². The molecule has 4 rings (SSSR count). The summed E-state index contributed by atoms with van der Waals surface area (Å²) in [4.78, 5) is 25.5. The number of carbonyl (C=O) groups excluding carboxylic acids is 1. The quantitative estimate of drug-likeness (QED) is 0.387. The molecule has 0 bridgehead atoms. The molecule has 178 valence electrons. The summed E-state index contributed by atoms with van der Waals surface area (Å²) in [6.45, 7) is 1.86. The van der Waals surface area contributed by atoms with Crippen LogP contribution >= 0.6 is 0 Å². The zero-order valence-electron chi connectivity index (χ0n) is 19.2. The number of nitrogens with zero attached hydrogens (tertiary/aromatic N) is 3. The number of sulfonamides is 1. The maximum Gasteiger partial charge on any atom is 0.337 e. The zero-order chi connectivity index (χ0) is 25.2. The fraction of sp³-hybridized carbons (Fsp3) is 0.120. The number of phenolic OH excluding ortho intramolecular Hbond substituents is 1. The number of carbonyl (C=O) groups is 1. The predicted molar refractivity (Wildman–Crippen MR) is 132 cm³/mol. The Hall–Kier alpha value is -4.31. The molecule has 1 aromatic heterocycles. The van der Waals surface area contributed by atoms with Gasteiger partial charge in [-0.05, 0) is 61.0 Å². The van der Waals surface area contributed by atoms with E-state index < -0.39 is 16.0 Å². The van der Waals surface area contributed by atoms with Crippen molar-refractivity contribution in [3.05, 3.63) is 77.9 Å². The number of hydrogen-bond acceptors (Lipinski definition) is 8. The van der Waals surface area contributed by atoms with Gasteiger partial charge in [-0.25, -0.2) is 28.2 Å². The van der Waals surface area contributed by atoms with Gasteiger partial charge >= 0.3 is 5.97 Å². The van der Waals surface area contributed by atoms with Crippen molar-refractivity contribution >= 4 is 21.7 Å². The fourth-order valence-electron chi connectivity index (χ4n) is 3.36. The summed E-state index contributed by atoms with van der Waals surface area (Å²) in [5.74, 6) is 0.494. The summed E-state index contributed by atoms with van der Waals surface area (Å²) < 4.78 is 30.2. The first-order valence-electron chi connectivity index (χ1n) is 10.5. The second-order valence-electron chi connectivity index (χ2n) is 7.85. The Bertz CT molecular complexity index is 1500. The van der Waals surface area contributed by atoms with Gasteiger partial charge < -0.3 is 9.84 Å². The van der Waals surface area contributed by atoms with Crippen LogP contribution in [0.4, 0.5) is 5.69 Å². The van der Waals surface area contributed by atoms with Gasteiger partial charge in [-0.2, -0.15) is 0 Å². The molecule has 0 aliphatic rings. The maximum absolute atomic E-state index is 11.8. The molecular formula is C25H22N4O5S. The van der Waals surface area contributed by atoms with Crippen molar-refractivity contribution in [2.75, 3.05) is 18.1 Å². The summed E-state index contributed by atoms with van der Waals surface area (Å²) in [6, 6.07) is 18.4. The van der Waals surface area contributed by atoms with Crippen LogP contribution in [0.1, 0.15) is 15.9 Å². The van der Waals surface area contributed by atoms with E-state index in [0.717, 1.165) is 11.8 Å². The fourth-order valence-corrected chi connectivity index (χ4v) is 3.92. The largest absolute Gasteiger partial charge is 0.507 e. The van der Waals surface area contributed by atoms with Crippen LogP contribution in [-0.2, 0) is 14.8 Å². The minimum absolute atomic E-state index is 0.0295. The molecule has 3 aromatic carbocycles. The number of ether oxygens (including phenoxy) is 1. The van der Waals surface area contributed by atoms with Crippen LogP contribution in [0.2, 0.25) is 0 Å². The molecule has 2 N–H and O–H groups in total. The van der Waals surface area contributed by atoms with E-state index in [-0.39, 0.29) is 11.6 Å². The van der Waals surface area contributed by atoms with Gasteiger partial charge in [-0.3, -0.25) is 4.72 Å². The molecule has 0 unspecified atom stereocenters. The molecule has 10 heteroatoms. The molecule has 0 aliphatic heterocycles. The van der Waals surface area contributed by atoms with Gasteiger partial charge in [0.05, 0.1) is 24.5 Å². The third-order valence-corrected chi connectivity index (χ3v) is 5.65. The standard InChI is InChI=1S/C25H22N4O5S/c1-15-4-13-20(21(30)14-15)24-27-22(16-5-7-18(8-6-16)25(31)34-2)26-23(28-24)17-9-11-19(12-10-17)29-35(3,32)33/h4-14,29-30H,1-3H3. The first-order chi connectivity index (χ1) is 16.6. The Morgan fingerprint density at radius 1 is 0.857 bits per heavy atom. The van der Waals surface area contributed by atoms with Crippen molar-refractivity contribution in [2.24, 2.45) is 0 Å². The number of nitrogens with one attached hydrogen (secondary N) is 1. The second-order valence-corrected chi connectivity index (χ2v) is 9.60. The van der Waals surface area contributed by atoms with Crippen LogP contribution in [0.3, 0.4) is 0 Å². The zero-order valence-corrected chi connectivity index (χ0v) is 20.0. The molecule has 35 heavy (non-hydrogen) atoms. The molecule has 0 atom stereocenters. The van der Waals surface area contributed by atoms with E-state index in [2.05, 4.69) is 19.7 Å². The van der Waals surface area contributed by atoms with Crippen molar-refractivity contribution in [2.45, 2.75) is 6.92 Å². The molecule has 0 spiro atoms. The Labute approximate surface area is 202 Å². The molecule has 0 saturated carbocycles. The van der Waals surface area contributed by atoms with Gasteiger partial charge in [0.2, 0.25) is 10.0 Å². The number of methoxy groups -OCH3 is 1. The van der Waals surface area contributed by atoms with Gasteiger partial charge in [0.25, 0.3) is 0 Å². The minimum atomic E-state index is -3.41. The normalized spacial score (nSPS) is 11.2. The summed E-state index contributed by atoms with van der Waals surface area (Å²) >= 11 is 0. The smallest absolute Gasteiger partial charge is 0.337 e. The Kier molecular flexibility index (Phi) is 6.48. The first kappa shape index (κ1) is 23.8. The molecule has 1 heterocycles. The maximum atomic E-state index is 11.8. The van der Waals surface area contributed by atoms with Crippen molar-refractivity contribution in [1.29, 1.82) is 0 Å². The average Bonchev–Trinajstić information content (AvgIpc) is 2.83. The lowest BCUT2D eigenvalue weighted by Crippen LogP contribution is -2.09. The lowest BCUT2D eigenvalue weighted by molar-refractivity contribution is 0.0600. The summed E-state index contributed by atoms with van der Waals surface area (Å²) in [6.07, 6.45) is 1.07. The van der Waals surface area contributed by atoms with Crippen LogP contribution in [-0.4, -0.2) is 47.8 Å². The highest BCUT2D eigenvalue weighted by molar-refractivity contribution is 7.92. The number of aromatic hydroxyl groups is 1. The Morgan fingerprint density at radius 3 is 1.91 bits per heavy atom. The van der Waals surface area contributed by atoms with Crippen LogP contribution in [0, 0.1) is 6.92 Å². The van der Waals surface area contributed by atoms with Gasteiger partial charge in [0, 0.05) is 16.8 Å². The molecule has 0 amide bonds. The lowest BCUT2D eigenvalue weighted by atomic mass is 10.1. The highest BCUT2D eigenvalue weighted by atomic mass is 32.2. The molecule has 0 saturated heterocycles. The van der Waals surface area contributed by atoms with Gasteiger partial charge in [-0.15, -0.1) is 0 Å². The molecule has 0 fully saturated rings. The minimum Gasteiger partial charge on any atom is -0.507 e. The third kappa shape index (κ3) is 5.61. The van der Waals surface area contributed by atoms with E-state index in [0.29, 0.717) is 39.6 Å². The molecular weight excluding hydrogens is 468 g/mol. The number of phenols is 1. The van der Waals surface area contributed by atoms with Crippen LogP contribution < -0.4 is 4.72 Å². The van der Waals surface area contributed by atoms with E-state index in [1.807, 2.05) is 13.0 Å². The van der Waals surface area contributed by atoms with Crippen molar-refractivity contribution in [3.63, 3.8) is 0 Å². The Balaban J connectivity index is 1.82. The summed E-state index contributed by atoms with van der Waals surface area (Å²) in [7, 11) is -2.10. The van der Waals surface area contributed by atoms with Gasteiger partial charge in [-0.1, -0.05) is 18.2 Å². The monoisotopic (exact) mass is 490 g/mol. The Morgan fingerprint density at radius 2 is 1.40 bits per heavy atom. The lowest BCUT2D eigenvalue weighted by Gasteiger charge is -2.10. The number of esters is 1. The number of aromatic nitrogens is 3. The number of benzene rings is 3. The van der Waals surface area contributed by atoms with Crippen LogP contribution in [0.5, 0.6) is 5.75 Å². The molecule has 0 aliphatic carbocycles. The van der Waals surface area contributed by atoms with Gasteiger partial charge in [0.15, 0.2) is 17.5 Å². The third-order valence-electron chi connectivity index (χ3n) is 5.04. The molecule has 0 radical (unpaired) electrons. The number of aryl methyl sites for hydroxylation is 1. The second kappa shape index (κ2) is 9.51. The number of hydrogen-bond donors (Lipinski definition) is 2. The SMILES string of the molecule is COC(=O)c1ccc(-c2nc(-c3ccc(NS(C)(=O)=O)cc3)nc(-c3ccc(C)cc3O)n2)cc1. The highest BCUT2D eigenvalue weighted by Gasteiger charge is 2.16. The van der Waals surface area contributed by atoms with Crippen LogP contribution in [0.15, 0.2) is 66.7 Å². The summed E-state index contributed by atoms with van der Waals surface area (Å²) in [5, 5.41) is 10.5.